The van der Waals surface area contributed by atoms with E-state index < -0.39 is 0 Å². The summed E-state index contributed by atoms with van der Waals surface area (Å²) in [5.74, 6) is 1.57. The van der Waals surface area contributed by atoms with Gasteiger partial charge in [0.05, 0.1) is 19.8 Å². The summed E-state index contributed by atoms with van der Waals surface area (Å²) in [6.45, 7) is 4.36. The number of rotatable bonds is 9. The molecule has 1 N–H and O–H groups in total. The van der Waals surface area contributed by atoms with Crippen molar-refractivity contribution in [2.75, 3.05) is 20.3 Å². The minimum Gasteiger partial charge on any atom is -0.493 e. The molecular formula is C15H22N2O2. The first-order valence-corrected chi connectivity index (χ1v) is 6.69. The van der Waals surface area contributed by atoms with Crippen LogP contribution in [-0.4, -0.2) is 20.3 Å². The normalized spacial score (nSPS) is 9.95. The van der Waals surface area contributed by atoms with E-state index in [0.29, 0.717) is 13.0 Å². The van der Waals surface area contributed by atoms with Crippen LogP contribution >= 0.6 is 0 Å². The van der Waals surface area contributed by atoms with Gasteiger partial charge in [0, 0.05) is 18.5 Å². The van der Waals surface area contributed by atoms with Crippen LogP contribution in [0.25, 0.3) is 0 Å². The highest BCUT2D eigenvalue weighted by molar-refractivity contribution is 5.46. The zero-order valence-corrected chi connectivity index (χ0v) is 11.7. The quantitative estimate of drug-likeness (QED) is 0.695. The molecule has 0 amide bonds. The minimum absolute atomic E-state index is 0.583. The fourth-order valence-corrected chi connectivity index (χ4v) is 1.77. The van der Waals surface area contributed by atoms with Crippen LogP contribution in [0.1, 0.15) is 31.7 Å². The molecule has 0 atom stereocenters. The van der Waals surface area contributed by atoms with Crippen molar-refractivity contribution < 1.29 is 9.47 Å². The Balaban J connectivity index is 2.63. The first kappa shape index (κ1) is 15.3. The van der Waals surface area contributed by atoms with Gasteiger partial charge in [0.1, 0.15) is 0 Å². The van der Waals surface area contributed by atoms with Crippen molar-refractivity contribution in [2.24, 2.45) is 0 Å². The van der Waals surface area contributed by atoms with Gasteiger partial charge in [0.25, 0.3) is 0 Å². The number of methoxy groups -OCH3 is 1. The number of nitrogens with one attached hydrogen (secondary N) is 1. The Hall–Kier alpha value is -1.73. The molecule has 4 nitrogen and oxygen atoms in total. The lowest BCUT2D eigenvalue weighted by atomic mass is 10.2. The van der Waals surface area contributed by atoms with Crippen LogP contribution in [0.4, 0.5) is 0 Å². The zero-order valence-electron chi connectivity index (χ0n) is 11.7. The molecule has 0 saturated carbocycles. The Kier molecular flexibility index (Phi) is 7.45. The lowest BCUT2D eigenvalue weighted by molar-refractivity contribution is 0.283. The van der Waals surface area contributed by atoms with Gasteiger partial charge in [-0.3, -0.25) is 0 Å². The number of hydrogen-bond donors (Lipinski definition) is 1. The summed E-state index contributed by atoms with van der Waals surface area (Å²) in [6, 6.07) is 8.04. The SMILES string of the molecule is CCNCc1cccc(OC)c1OCCCCC#N. The molecule has 0 unspecified atom stereocenters. The van der Waals surface area contributed by atoms with Gasteiger partial charge in [-0.15, -0.1) is 0 Å². The van der Waals surface area contributed by atoms with E-state index in [1.807, 2.05) is 18.2 Å². The Morgan fingerprint density at radius 2 is 2.16 bits per heavy atom. The topological polar surface area (TPSA) is 54.3 Å². The predicted octanol–water partition coefficient (Wildman–Crippen LogP) is 2.88. The van der Waals surface area contributed by atoms with Crippen molar-refractivity contribution >= 4 is 0 Å². The van der Waals surface area contributed by atoms with Crippen LogP contribution in [0.15, 0.2) is 18.2 Å². The molecule has 0 aliphatic rings. The van der Waals surface area contributed by atoms with Gasteiger partial charge in [-0.25, -0.2) is 0 Å². The van der Waals surface area contributed by atoms with Crippen LogP contribution in [-0.2, 0) is 6.54 Å². The lowest BCUT2D eigenvalue weighted by Gasteiger charge is -2.15. The largest absolute Gasteiger partial charge is 0.493 e. The third kappa shape index (κ3) is 5.19. The van der Waals surface area contributed by atoms with E-state index in [1.54, 1.807) is 7.11 Å². The molecule has 0 aliphatic carbocycles. The third-order valence-electron chi connectivity index (χ3n) is 2.78. The van der Waals surface area contributed by atoms with E-state index in [2.05, 4.69) is 18.3 Å². The summed E-state index contributed by atoms with van der Waals surface area (Å²) >= 11 is 0. The number of unbranched alkanes of at least 4 members (excludes halogenated alkanes) is 2. The summed E-state index contributed by atoms with van der Waals surface area (Å²) in [6.07, 6.45) is 2.33. The van der Waals surface area contributed by atoms with Gasteiger partial charge in [0.2, 0.25) is 0 Å². The Morgan fingerprint density at radius 1 is 1.32 bits per heavy atom. The van der Waals surface area contributed by atoms with Gasteiger partial charge < -0.3 is 14.8 Å². The van der Waals surface area contributed by atoms with Gasteiger partial charge in [0.15, 0.2) is 11.5 Å². The maximum atomic E-state index is 8.49. The van der Waals surface area contributed by atoms with Crippen LogP contribution in [0.3, 0.4) is 0 Å². The van der Waals surface area contributed by atoms with Gasteiger partial charge in [-0.05, 0) is 25.5 Å². The summed E-state index contributed by atoms with van der Waals surface area (Å²) < 4.78 is 11.2. The van der Waals surface area contributed by atoms with E-state index >= 15 is 0 Å². The zero-order chi connectivity index (χ0) is 13.9. The molecule has 0 spiro atoms. The van der Waals surface area contributed by atoms with Crippen LogP contribution in [0.5, 0.6) is 11.5 Å². The Morgan fingerprint density at radius 3 is 2.84 bits per heavy atom. The minimum atomic E-state index is 0.583. The molecule has 1 rings (SSSR count). The second kappa shape index (κ2) is 9.23. The summed E-state index contributed by atoms with van der Waals surface area (Å²) in [5, 5.41) is 11.8. The van der Waals surface area contributed by atoms with Crippen molar-refractivity contribution in [3.05, 3.63) is 23.8 Å². The maximum Gasteiger partial charge on any atom is 0.165 e. The number of nitrogens with zero attached hydrogens (tertiary/aromatic N) is 1. The highest BCUT2D eigenvalue weighted by atomic mass is 16.5. The van der Waals surface area contributed by atoms with Crippen molar-refractivity contribution in [3.8, 4) is 17.6 Å². The van der Waals surface area contributed by atoms with E-state index in [1.165, 1.54) is 0 Å². The number of hydrogen-bond acceptors (Lipinski definition) is 4. The number of nitriles is 1. The standard InChI is InChI=1S/C15H22N2O2/c1-3-17-12-13-8-7-9-14(18-2)15(13)19-11-6-4-5-10-16/h7-9,17H,3-6,11-12H2,1-2H3. The second-order valence-corrected chi connectivity index (χ2v) is 4.19. The molecule has 0 heterocycles. The average Bonchev–Trinajstić information content (AvgIpc) is 2.45. The molecule has 4 heteroatoms. The molecule has 1 aromatic carbocycles. The van der Waals surface area contributed by atoms with E-state index in [4.69, 9.17) is 14.7 Å². The van der Waals surface area contributed by atoms with E-state index in [9.17, 15) is 0 Å². The molecule has 19 heavy (non-hydrogen) atoms. The third-order valence-corrected chi connectivity index (χ3v) is 2.78. The van der Waals surface area contributed by atoms with Crippen LogP contribution in [0, 0.1) is 11.3 Å². The number of para-hydroxylation sites is 1. The molecule has 0 aliphatic heterocycles. The fourth-order valence-electron chi connectivity index (χ4n) is 1.77. The van der Waals surface area contributed by atoms with Crippen molar-refractivity contribution in [1.82, 2.24) is 5.32 Å². The van der Waals surface area contributed by atoms with Crippen molar-refractivity contribution in [1.29, 1.82) is 5.26 Å². The molecule has 0 bridgehead atoms. The Bertz CT molecular complexity index is 413. The molecule has 0 radical (unpaired) electrons. The molecule has 104 valence electrons. The van der Waals surface area contributed by atoms with Gasteiger partial charge in [-0.2, -0.15) is 5.26 Å². The van der Waals surface area contributed by atoms with Crippen molar-refractivity contribution in [3.63, 3.8) is 0 Å². The summed E-state index contributed by atoms with van der Waals surface area (Å²) in [4.78, 5) is 0. The van der Waals surface area contributed by atoms with Crippen molar-refractivity contribution in [2.45, 2.75) is 32.7 Å². The first-order chi connectivity index (χ1) is 9.33. The molecule has 0 aromatic heterocycles. The summed E-state index contributed by atoms with van der Waals surface area (Å²) in [7, 11) is 1.65. The molecule has 0 fully saturated rings. The maximum absolute atomic E-state index is 8.49. The van der Waals surface area contributed by atoms with Gasteiger partial charge in [-0.1, -0.05) is 19.1 Å². The molecular weight excluding hydrogens is 240 g/mol. The molecule has 1 aromatic rings. The predicted molar refractivity (Wildman–Crippen MR) is 75.3 cm³/mol. The first-order valence-electron chi connectivity index (χ1n) is 6.69. The second-order valence-electron chi connectivity index (χ2n) is 4.19. The average molecular weight is 262 g/mol. The smallest absolute Gasteiger partial charge is 0.165 e. The van der Waals surface area contributed by atoms with Crippen LogP contribution < -0.4 is 14.8 Å². The van der Waals surface area contributed by atoms with E-state index in [-0.39, 0.29) is 0 Å². The van der Waals surface area contributed by atoms with Crippen LogP contribution in [0.2, 0.25) is 0 Å². The lowest BCUT2D eigenvalue weighted by Crippen LogP contribution is -2.13. The van der Waals surface area contributed by atoms with E-state index in [0.717, 1.165) is 43.0 Å². The number of ether oxygens (including phenoxy) is 2. The highest BCUT2D eigenvalue weighted by Gasteiger charge is 2.09. The monoisotopic (exact) mass is 262 g/mol. The summed E-state index contributed by atoms with van der Waals surface area (Å²) in [5.41, 5.74) is 1.10. The fraction of sp³-hybridized carbons (Fsp3) is 0.533. The molecule has 0 saturated heterocycles. The Labute approximate surface area is 115 Å². The number of benzene rings is 1. The highest BCUT2D eigenvalue weighted by Crippen LogP contribution is 2.31. The van der Waals surface area contributed by atoms with Gasteiger partial charge >= 0.3 is 0 Å².